The molecule has 2 nitrogen and oxygen atoms in total. The van der Waals surface area contributed by atoms with Gasteiger partial charge in [-0.3, -0.25) is 0 Å². The Morgan fingerprint density at radius 3 is 2.64 bits per heavy atom. The van der Waals surface area contributed by atoms with Crippen LogP contribution in [0.5, 0.6) is 0 Å². The quantitative estimate of drug-likeness (QED) is 0.642. The highest BCUT2D eigenvalue weighted by Gasteiger charge is 2.25. The second kappa shape index (κ2) is 6.41. The Labute approximate surface area is 89.1 Å². The lowest BCUT2D eigenvalue weighted by atomic mass is 10.1. The topological polar surface area (TPSA) is 15.3 Å². The second-order valence-electron chi connectivity index (χ2n) is 4.68. The van der Waals surface area contributed by atoms with Crippen molar-refractivity contribution in [2.45, 2.75) is 45.6 Å². The lowest BCUT2D eigenvalue weighted by Gasteiger charge is -2.28. The fraction of sp³-hybridized carbons (Fsp3) is 1.00. The molecule has 0 amide bonds. The zero-order valence-corrected chi connectivity index (χ0v) is 10.1. The van der Waals surface area contributed by atoms with Gasteiger partial charge in [0.1, 0.15) is 0 Å². The summed E-state index contributed by atoms with van der Waals surface area (Å²) in [7, 11) is 2.04. The van der Waals surface area contributed by atoms with Gasteiger partial charge in [-0.2, -0.15) is 0 Å². The maximum atomic E-state index is 3.24. The van der Waals surface area contributed by atoms with Crippen molar-refractivity contribution < 1.29 is 0 Å². The van der Waals surface area contributed by atoms with E-state index < -0.39 is 0 Å². The van der Waals surface area contributed by atoms with Gasteiger partial charge in [-0.05, 0) is 58.7 Å². The summed E-state index contributed by atoms with van der Waals surface area (Å²) in [6, 6.07) is 0.753. The van der Waals surface area contributed by atoms with Gasteiger partial charge in [-0.15, -0.1) is 0 Å². The lowest BCUT2D eigenvalue weighted by Crippen LogP contribution is -2.37. The minimum absolute atomic E-state index is 0.753. The van der Waals surface area contributed by atoms with Gasteiger partial charge in [0, 0.05) is 12.6 Å². The number of hydrogen-bond donors (Lipinski definition) is 1. The third kappa shape index (κ3) is 4.43. The summed E-state index contributed by atoms with van der Waals surface area (Å²) >= 11 is 0. The van der Waals surface area contributed by atoms with Gasteiger partial charge in [-0.25, -0.2) is 0 Å². The van der Waals surface area contributed by atoms with Gasteiger partial charge in [0.25, 0.3) is 0 Å². The molecule has 1 N–H and O–H groups in total. The molecule has 14 heavy (non-hydrogen) atoms. The van der Waals surface area contributed by atoms with Crippen molar-refractivity contribution in [3.05, 3.63) is 0 Å². The first-order valence-corrected chi connectivity index (χ1v) is 6.16. The molecular weight excluding hydrogens is 172 g/mol. The third-order valence-corrected chi connectivity index (χ3v) is 3.14. The Kier molecular flexibility index (Phi) is 5.49. The Morgan fingerprint density at radius 1 is 1.43 bits per heavy atom. The van der Waals surface area contributed by atoms with Crippen molar-refractivity contribution >= 4 is 0 Å². The van der Waals surface area contributed by atoms with Crippen molar-refractivity contribution in [2.24, 2.45) is 5.92 Å². The predicted molar refractivity (Wildman–Crippen MR) is 62.6 cm³/mol. The van der Waals surface area contributed by atoms with Gasteiger partial charge < -0.3 is 10.2 Å². The molecule has 0 aromatic carbocycles. The van der Waals surface area contributed by atoms with Gasteiger partial charge in [0.2, 0.25) is 0 Å². The van der Waals surface area contributed by atoms with Crippen LogP contribution in [-0.4, -0.2) is 37.6 Å². The van der Waals surface area contributed by atoms with Crippen molar-refractivity contribution in [1.82, 2.24) is 10.2 Å². The Bertz CT molecular complexity index is 143. The van der Waals surface area contributed by atoms with Crippen LogP contribution in [0.1, 0.15) is 39.5 Å². The van der Waals surface area contributed by atoms with E-state index in [0.717, 1.165) is 18.5 Å². The normalized spacial score (nSPS) is 18.9. The molecule has 0 aromatic rings. The molecule has 0 heterocycles. The zero-order valence-electron chi connectivity index (χ0n) is 10.1. The maximum absolute atomic E-state index is 3.24. The Morgan fingerprint density at radius 2 is 2.14 bits per heavy atom. The van der Waals surface area contributed by atoms with Crippen LogP contribution >= 0.6 is 0 Å². The summed E-state index contributed by atoms with van der Waals surface area (Å²) in [4.78, 5) is 2.68. The van der Waals surface area contributed by atoms with E-state index in [4.69, 9.17) is 0 Å². The molecule has 2 heteroatoms. The van der Waals surface area contributed by atoms with E-state index >= 15 is 0 Å². The molecule has 0 spiro atoms. The average molecular weight is 198 g/mol. The fourth-order valence-corrected chi connectivity index (χ4v) is 1.95. The molecular formula is C12H26N2. The number of nitrogens with zero attached hydrogens (tertiary/aromatic N) is 1. The minimum Gasteiger partial charge on any atom is -0.320 e. The first-order chi connectivity index (χ1) is 6.77. The summed E-state index contributed by atoms with van der Waals surface area (Å²) in [5, 5.41) is 3.24. The Hall–Kier alpha value is -0.0800. The van der Waals surface area contributed by atoms with Crippen molar-refractivity contribution in [3.8, 4) is 0 Å². The maximum Gasteiger partial charge on any atom is 0.00791 e. The first-order valence-electron chi connectivity index (χ1n) is 6.16. The molecule has 1 unspecified atom stereocenters. The molecule has 1 saturated carbocycles. The van der Waals surface area contributed by atoms with Crippen LogP contribution in [0.25, 0.3) is 0 Å². The van der Waals surface area contributed by atoms with Gasteiger partial charge in [0.05, 0.1) is 0 Å². The lowest BCUT2D eigenvalue weighted by molar-refractivity contribution is 0.191. The summed E-state index contributed by atoms with van der Waals surface area (Å²) in [6.45, 7) is 8.42. The second-order valence-corrected chi connectivity index (χ2v) is 4.68. The molecule has 1 aliphatic rings. The van der Waals surface area contributed by atoms with E-state index in [1.54, 1.807) is 0 Å². The van der Waals surface area contributed by atoms with Crippen LogP contribution in [0.2, 0.25) is 0 Å². The predicted octanol–water partition coefficient (Wildman–Crippen LogP) is 2.11. The van der Waals surface area contributed by atoms with Gasteiger partial charge in [0.15, 0.2) is 0 Å². The molecule has 1 atom stereocenters. The molecule has 0 radical (unpaired) electrons. The van der Waals surface area contributed by atoms with Crippen LogP contribution in [0.15, 0.2) is 0 Å². The van der Waals surface area contributed by atoms with E-state index in [1.165, 1.54) is 38.8 Å². The van der Waals surface area contributed by atoms with Crippen LogP contribution in [-0.2, 0) is 0 Å². The average Bonchev–Trinajstić information content (AvgIpc) is 2.97. The summed E-state index contributed by atoms with van der Waals surface area (Å²) in [5.74, 6) is 1.03. The largest absolute Gasteiger partial charge is 0.320 e. The molecule has 0 bridgehead atoms. The third-order valence-electron chi connectivity index (χ3n) is 3.14. The molecule has 1 aliphatic carbocycles. The summed E-state index contributed by atoms with van der Waals surface area (Å²) in [6.07, 6.45) is 5.51. The van der Waals surface area contributed by atoms with Crippen LogP contribution in [0.4, 0.5) is 0 Å². The van der Waals surface area contributed by atoms with E-state index in [9.17, 15) is 0 Å². The SMILES string of the molecule is CCCN(CC1CC1)C(C)CCNC. The zero-order chi connectivity index (χ0) is 10.4. The Balaban J connectivity index is 2.22. The molecule has 84 valence electrons. The van der Waals surface area contributed by atoms with Crippen LogP contribution in [0.3, 0.4) is 0 Å². The summed E-state index contributed by atoms with van der Waals surface area (Å²) in [5.41, 5.74) is 0. The van der Waals surface area contributed by atoms with E-state index in [-0.39, 0.29) is 0 Å². The van der Waals surface area contributed by atoms with Crippen LogP contribution in [0, 0.1) is 5.92 Å². The van der Waals surface area contributed by atoms with Gasteiger partial charge >= 0.3 is 0 Å². The van der Waals surface area contributed by atoms with Gasteiger partial charge in [-0.1, -0.05) is 6.92 Å². The number of rotatable bonds is 8. The fourth-order valence-electron chi connectivity index (χ4n) is 1.95. The molecule has 0 saturated heterocycles. The smallest absolute Gasteiger partial charge is 0.00791 e. The van der Waals surface area contributed by atoms with Crippen LogP contribution < -0.4 is 5.32 Å². The monoisotopic (exact) mass is 198 g/mol. The highest BCUT2D eigenvalue weighted by molar-refractivity contribution is 4.79. The number of nitrogens with one attached hydrogen (secondary N) is 1. The molecule has 1 rings (SSSR count). The van der Waals surface area contributed by atoms with E-state index in [1.807, 2.05) is 7.05 Å². The molecule has 1 fully saturated rings. The van der Waals surface area contributed by atoms with E-state index in [0.29, 0.717) is 0 Å². The summed E-state index contributed by atoms with van der Waals surface area (Å²) < 4.78 is 0. The highest BCUT2D eigenvalue weighted by Crippen LogP contribution is 2.30. The van der Waals surface area contributed by atoms with Crippen molar-refractivity contribution in [1.29, 1.82) is 0 Å². The number of hydrogen-bond acceptors (Lipinski definition) is 2. The van der Waals surface area contributed by atoms with Crippen molar-refractivity contribution in [2.75, 3.05) is 26.7 Å². The van der Waals surface area contributed by atoms with Crippen molar-refractivity contribution in [3.63, 3.8) is 0 Å². The highest BCUT2D eigenvalue weighted by atomic mass is 15.2. The molecule has 0 aliphatic heterocycles. The standard InChI is InChI=1S/C12H26N2/c1-4-9-14(10-12-5-6-12)11(2)7-8-13-3/h11-13H,4-10H2,1-3H3. The first kappa shape index (κ1) is 12.0. The molecule has 0 aromatic heterocycles. The van der Waals surface area contributed by atoms with E-state index in [2.05, 4.69) is 24.1 Å². The minimum atomic E-state index is 0.753.